The number of nitrogens with zero attached hydrogens (tertiary/aromatic N) is 1. The molecule has 0 aliphatic carbocycles. The molecule has 1 N–H and O–H groups in total. The summed E-state index contributed by atoms with van der Waals surface area (Å²) in [6, 6.07) is 2.64. The van der Waals surface area contributed by atoms with Gasteiger partial charge in [-0.15, -0.1) is 0 Å². The Morgan fingerprint density at radius 3 is 2.59 bits per heavy atom. The van der Waals surface area contributed by atoms with Gasteiger partial charge in [-0.3, -0.25) is 0 Å². The predicted molar refractivity (Wildman–Crippen MR) is 64.2 cm³/mol. The molecule has 0 amide bonds. The Bertz CT molecular complexity index is 635. The van der Waals surface area contributed by atoms with Crippen molar-refractivity contribution in [2.45, 2.75) is 13.8 Å². The third kappa shape index (κ3) is 2.10. The summed E-state index contributed by atoms with van der Waals surface area (Å²) in [5.41, 5.74) is 1.28. The molecule has 0 fully saturated rings. The first-order valence-corrected chi connectivity index (χ1v) is 5.42. The van der Waals surface area contributed by atoms with Gasteiger partial charge in [0.05, 0.1) is 11.3 Å². The maximum atomic E-state index is 13.9. The molecule has 0 aliphatic heterocycles. The SMILES string of the molecule is Cc1cnc(=S)[nH]c1-c1c(F)ccc(C)c1F. The molecule has 0 saturated heterocycles. The van der Waals surface area contributed by atoms with Crippen molar-refractivity contribution in [3.8, 4) is 11.3 Å². The molecule has 0 aliphatic rings. The third-order valence-electron chi connectivity index (χ3n) is 2.54. The van der Waals surface area contributed by atoms with Gasteiger partial charge in [-0.25, -0.2) is 13.8 Å². The molecule has 2 rings (SSSR count). The number of halogens is 2. The molecule has 0 unspecified atom stereocenters. The Hall–Kier alpha value is -1.62. The van der Waals surface area contributed by atoms with E-state index in [4.69, 9.17) is 12.2 Å². The molecule has 0 bridgehead atoms. The summed E-state index contributed by atoms with van der Waals surface area (Å²) in [5, 5.41) is 0. The average Bonchev–Trinajstić information content (AvgIpc) is 2.29. The van der Waals surface area contributed by atoms with Crippen LogP contribution in [-0.2, 0) is 0 Å². The topological polar surface area (TPSA) is 28.7 Å². The van der Waals surface area contributed by atoms with Crippen LogP contribution >= 0.6 is 12.2 Å². The summed E-state index contributed by atoms with van der Waals surface area (Å²) < 4.78 is 27.9. The molecule has 0 atom stereocenters. The van der Waals surface area contributed by atoms with Gasteiger partial charge in [-0.1, -0.05) is 6.07 Å². The van der Waals surface area contributed by atoms with Gasteiger partial charge in [0.2, 0.25) is 0 Å². The van der Waals surface area contributed by atoms with E-state index < -0.39 is 11.6 Å². The van der Waals surface area contributed by atoms with Crippen LogP contribution in [0.1, 0.15) is 11.1 Å². The zero-order valence-electron chi connectivity index (χ0n) is 9.34. The number of H-pyrrole nitrogens is 1. The first-order chi connectivity index (χ1) is 8.00. The Morgan fingerprint density at radius 1 is 1.18 bits per heavy atom. The van der Waals surface area contributed by atoms with Crippen molar-refractivity contribution in [3.63, 3.8) is 0 Å². The quantitative estimate of drug-likeness (QED) is 0.784. The van der Waals surface area contributed by atoms with E-state index in [2.05, 4.69) is 9.97 Å². The lowest BCUT2D eigenvalue weighted by Crippen LogP contribution is -1.99. The first-order valence-electron chi connectivity index (χ1n) is 5.01. The van der Waals surface area contributed by atoms with E-state index in [-0.39, 0.29) is 10.3 Å². The van der Waals surface area contributed by atoms with Crippen LogP contribution < -0.4 is 0 Å². The zero-order valence-corrected chi connectivity index (χ0v) is 10.2. The summed E-state index contributed by atoms with van der Waals surface area (Å²) in [5.74, 6) is -1.20. The Kier molecular flexibility index (Phi) is 3.02. The van der Waals surface area contributed by atoms with E-state index >= 15 is 0 Å². The van der Waals surface area contributed by atoms with E-state index in [1.54, 1.807) is 13.8 Å². The summed E-state index contributed by atoms with van der Waals surface area (Å²) >= 11 is 4.87. The van der Waals surface area contributed by atoms with Crippen LogP contribution in [0, 0.1) is 30.3 Å². The summed E-state index contributed by atoms with van der Waals surface area (Å²) in [7, 11) is 0. The van der Waals surface area contributed by atoms with Gasteiger partial charge in [-0.05, 0) is 43.3 Å². The van der Waals surface area contributed by atoms with Crippen molar-refractivity contribution in [1.82, 2.24) is 9.97 Å². The zero-order chi connectivity index (χ0) is 12.6. The van der Waals surface area contributed by atoms with Gasteiger partial charge >= 0.3 is 0 Å². The van der Waals surface area contributed by atoms with E-state index in [0.717, 1.165) is 0 Å². The fourth-order valence-corrected chi connectivity index (χ4v) is 1.76. The fraction of sp³-hybridized carbons (Fsp3) is 0.167. The molecule has 1 aromatic carbocycles. The van der Waals surface area contributed by atoms with E-state index in [9.17, 15) is 8.78 Å². The minimum absolute atomic E-state index is 0.0870. The minimum atomic E-state index is -0.618. The second-order valence-corrected chi connectivity index (χ2v) is 4.19. The molecule has 2 nitrogen and oxygen atoms in total. The molecular formula is C12H10F2N2S. The van der Waals surface area contributed by atoms with Crippen molar-refractivity contribution in [2.75, 3.05) is 0 Å². The van der Waals surface area contributed by atoms with Crippen LogP contribution in [0.2, 0.25) is 0 Å². The maximum Gasteiger partial charge on any atom is 0.197 e. The van der Waals surface area contributed by atoms with Crippen molar-refractivity contribution >= 4 is 12.2 Å². The first kappa shape index (κ1) is 11.9. The summed E-state index contributed by atoms with van der Waals surface area (Å²) in [4.78, 5) is 6.59. The Morgan fingerprint density at radius 2 is 1.88 bits per heavy atom. The third-order valence-corrected chi connectivity index (χ3v) is 2.74. The maximum absolute atomic E-state index is 13.9. The number of hydrogen-bond acceptors (Lipinski definition) is 2. The standard InChI is InChI=1S/C12H10F2N2S/c1-6-3-4-8(13)9(10(6)14)11-7(2)5-15-12(17)16-11/h3-5H,1-2H3,(H,15,16,17). The number of nitrogens with one attached hydrogen (secondary N) is 1. The molecule has 0 spiro atoms. The Labute approximate surface area is 102 Å². The van der Waals surface area contributed by atoms with Gasteiger partial charge in [0.15, 0.2) is 4.77 Å². The van der Waals surface area contributed by atoms with Crippen LogP contribution in [0.15, 0.2) is 18.3 Å². The fourth-order valence-electron chi connectivity index (χ4n) is 1.60. The largest absolute Gasteiger partial charge is 0.330 e. The number of hydrogen-bond donors (Lipinski definition) is 1. The molecule has 5 heteroatoms. The van der Waals surface area contributed by atoms with Gasteiger partial charge < -0.3 is 4.98 Å². The van der Waals surface area contributed by atoms with E-state index in [1.165, 1.54) is 18.3 Å². The monoisotopic (exact) mass is 252 g/mol. The lowest BCUT2D eigenvalue weighted by atomic mass is 10.0. The number of rotatable bonds is 1. The molecule has 17 heavy (non-hydrogen) atoms. The van der Waals surface area contributed by atoms with Crippen molar-refractivity contribution in [2.24, 2.45) is 0 Å². The van der Waals surface area contributed by atoms with Crippen molar-refractivity contribution in [3.05, 3.63) is 45.9 Å². The highest BCUT2D eigenvalue weighted by Gasteiger charge is 2.15. The van der Waals surface area contributed by atoms with Gasteiger partial charge in [0, 0.05) is 6.20 Å². The smallest absolute Gasteiger partial charge is 0.197 e. The summed E-state index contributed by atoms with van der Waals surface area (Å²) in [6.07, 6.45) is 1.50. The number of aryl methyl sites for hydroxylation is 2. The highest BCUT2D eigenvalue weighted by molar-refractivity contribution is 7.71. The van der Waals surface area contributed by atoms with Crippen LogP contribution in [0.4, 0.5) is 8.78 Å². The van der Waals surface area contributed by atoms with Crippen molar-refractivity contribution in [1.29, 1.82) is 0 Å². The van der Waals surface area contributed by atoms with Crippen LogP contribution in [0.5, 0.6) is 0 Å². The molecule has 88 valence electrons. The highest BCUT2D eigenvalue weighted by Crippen LogP contribution is 2.28. The van der Waals surface area contributed by atoms with E-state index in [1.807, 2.05) is 0 Å². The summed E-state index contributed by atoms with van der Waals surface area (Å²) in [6.45, 7) is 3.30. The molecular weight excluding hydrogens is 242 g/mol. The lowest BCUT2D eigenvalue weighted by Gasteiger charge is -2.09. The van der Waals surface area contributed by atoms with Crippen LogP contribution in [0.3, 0.4) is 0 Å². The van der Waals surface area contributed by atoms with Crippen LogP contribution in [-0.4, -0.2) is 9.97 Å². The lowest BCUT2D eigenvalue weighted by molar-refractivity contribution is 0.582. The number of aromatic nitrogens is 2. The molecule has 0 saturated carbocycles. The second kappa shape index (κ2) is 4.33. The van der Waals surface area contributed by atoms with Gasteiger partial charge in [0.1, 0.15) is 11.6 Å². The van der Waals surface area contributed by atoms with E-state index in [0.29, 0.717) is 16.8 Å². The Balaban J connectivity index is 2.81. The molecule has 2 aromatic rings. The van der Waals surface area contributed by atoms with Gasteiger partial charge in [0.25, 0.3) is 0 Å². The van der Waals surface area contributed by atoms with Gasteiger partial charge in [-0.2, -0.15) is 0 Å². The highest BCUT2D eigenvalue weighted by atomic mass is 32.1. The predicted octanol–water partition coefficient (Wildman–Crippen LogP) is 3.70. The molecule has 0 radical (unpaired) electrons. The normalized spacial score (nSPS) is 10.6. The second-order valence-electron chi connectivity index (χ2n) is 3.80. The molecule has 1 heterocycles. The average molecular weight is 252 g/mol. The number of benzene rings is 1. The minimum Gasteiger partial charge on any atom is -0.330 e. The molecule has 1 aromatic heterocycles. The number of aromatic amines is 1. The van der Waals surface area contributed by atoms with Crippen molar-refractivity contribution < 1.29 is 8.78 Å². The van der Waals surface area contributed by atoms with Crippen LogP contribution in [0.25, 0.3) is 11.3 Å².